The molecule has 2 aromatic rings. The quantitative estimate of drug-likeness (QED) is 0.578. The van der Waals surface area contributed by atoms with E-state index in [1.807, 2.05) is 31.2 Å². The molecule has 0 saturated carbocycles. The molecule has 4 heteroatoms. The van der Waals surface area contributed by atoms with Crippen molar-refractivity contribution in [3.8, 4) is 17.2 Å². The van der Waals surface area contributed by atoms with Crippen molar-refractivity contribution in [3.63, 3.8) is 0 Å². The maximum Gasteiger partial charge on any atom is 0.161 e. The summed E-state index contributed by atoms with van der Waals surface area (Å²) in [6.07, 6.45) is 0. The van der Waals surface area contributed by atoms with E-state index in [0.717, 1.165) is 11.3 Å². The smallest absolute Gasteiger partial charge is 0.161 e. The summed E-state index contributed by atoms with van der Waals surface area (Å²) in [6.45, 7) is 4.36. The third kappa shape index (κ3) is 4.25. The van der Waals surface area contributed by atoms with Crippen LogP contribution in [0.25, 0.3) is 0 Å². The minimum atomic E-state index is -0.00682. The first-order valence-electron chi connectivity index (χ1n) is 7.11. The lowest BCUT2D eigenvalue weighted by atomic mass is 10.1. The number of rotatable bonds is 7. The molecule has 0 fully saturated rings. The number of aryl methyl sites for hydroxylation is 1. The van der Waals surface area contributed by atoms with E-state index < -0.39 is 0 Å². The van der Waals surface area contributed by atoms with Gasteiger partial charge in [0, 0.05) is 5.56 Å². The number of ether oxygens (including phenoxy) is 3. The molecule has 0 aliphatic carbocycles. The minimum Gasteiger partial charge on any atom is -0.493 e. The van der Waals surface area contributed by atoms with Crippen LogP contribution in [0, 0.1) is 6.92 Å². The number of ketones is 1. The van der Waals surface area contributed by atoms with Gasteiger partial charge in [0.2, 0.25) is 0 Å². The highest BCUT2D eigenvalue weighted by Gasteiger charge is 2.08. The predicted molar refractivity (Wildman–Crippen MR) is 85.2 cm³/mol. The van der Waals surface area contributed by atoms with Gasteiger partial charge in [0.1, 0.15) is 19.0 Å². The van der Waals surface area contributed by atoms with Crippen molar-refractivity contribution in [1.82, 2.24) is 0 Å². The van der Waals surface area contributed by atoms with Gasteiger partial charge in [-0.1, -0.05) is 12.1 Å². The van der Waals surface area contributed by atoms with Crippen molar-refractivity contribution in [2.45, 2.75) is 13.8 Å². The van der Waals surface area contributed by atoms with E-state index in [4.69, 9.17) is 14.2 Å². The molecule has 0 atom stereocenters. The molecule has 0 spiro atoms. The fraction of sp³-hybridized carbons (Fsp3) is 0.278. The highest BCUT2D eigenvalue weighted by Crippen LogP contribution is 2.28. The van der Waals surface area contributed by atoms with E-state index in [0.29, 0.717) is 30.3 Å². The Kier molecular flexibility index (Phi) is 5.42. The van der Waals surface area contributed by atoms with E-state index in [2.05, 4.69) is 0 Å². The fourth-order valence-corrected chi connectivity index (χ4v) is 2.02. The summed E-state index contributed by atoms with van der Waals surface area (Å²) < 4.78 is 16.5. The molecule has 0 aromatic heterocycles. The molecule has 0 saturated heterocycles. The van der Waals surface area contributed by atoms with Gasteiger partial charge in [-0.15, -0.1) is 0 Å². The maximum absolute atomic E-state index is 11.4. The van der Waals surface area contributed by atoms with Crippen LogP contribution in [0.4, 0.5) is 0 Å². The number of carbonyl (C=O) groups is 1. The average Bonchev–Trinajstić information content (AvgIpc) is 2.51. The summed E-state index contributed by atoms with van der Waals surface area (Å²) in [4.78, 5) is 11.4. The Balaban J connectivity index is 1.90. The van der Waals surface area contributed by atoms with Crippen molar-refractivity contribution >= 4 is 5.78 Å². The molecule has 0 amide bonds. The van der Waals surface area contributed by atoms with Gasteiger partial charge in [-0.3, -0.25) is 4.79 Å². The molecule has 4 nitrogen and oxygen atoms in total. The SMILES string of the molecule is COc1cc(C(C)=O)ccc1OCCOc1cccc(C)c1. The molecule has 116 valence electrons. The van der Waals surface area contributed by atoms with Crippen LogP contribution in [-0.4, -0.2) is 26.1 Å². The molecular weight excluding hydrogens is 280 g/mol. The molecule has 0 radical (unpaired) electrons. The second-order valence-electron chi connectivity index (χ2n) is 4.94. The average molecular weight is 300 g/mol. The Morgan fingerprint density at radius 1 is 1.00 bits per heavy atom. The van der Waals surface area contributed by atoms with Crippen LogP contribution in [-0.2, 0) is 0 Å². The second kappa shape index (κ2) is 7.50. The van der Waals surface area contributed by atoms with Crippen LogP contribution in [0.2, 0.25) is 0 Å². The third-order valence-corrected chi connectivity index (χ3v) is 3.17. The third-order valence-electron chi connectivity index (χ3n) is 3.17. The standard InChI is InChI=1S/C18H20O4/c1-13-5-4-6-16(11-13)21-9-10-22-17-8-7-15(14(2)19)12-18(17)20-3/h4-8,11-12H,9-10H2,1-3H3. The highest BCUT2D eigenvalue weighted by atomic mass is 16.5. The lowest BCUT2D eigenvalue weighted by Crippen LogP contribution is -2.09. The zero-order chi connectivity index (χ0) is 15.9. The zero-order valence-electron chi connectivity index (χ0n) is 13.1. The molecule has 2 rings (SSSR count). The maximum atomic E-state index is 11.4. The van der Waals surface area contributed by atoms with E-state index in [1.54, 1.807) is 25.3 Å². The van der Waals surface area contributed by atoms with Crippen molar-refractivity contribution in [2.24, 2.45) is 0 Å². The number of carbonyl (C=O) groups excluding carboxylic acids is 1. The molecular formula is C18H20O4. The highest BCUT2D eigenvalue weighted by molar-refractivity contribution is 5.94. The normalized spacial score (nSPS) is 10.1. The fourth-order valence-electron chi connectivity index (χ4n) is 2.02. The van der Waals surface area contributed by atoms with Gasteiger partial charge in [-0.25, -0.2) is 0 Å². The Morgan fingerprint density at radius 3 is 2.45 bits per heavy atom. The predicted octanol–water partition coefficient (Wildman–Crippen LogP) is 3.66. The Morgan fingerprint density at radius 2 is 1.77 bits per heavy atom. The summed E-state index contributed by atoms with van der Waals surface area (Å²) in [6, 6.07) is 13.0. The van der Waals surface area contributed by atoms with Crippen molar-refractivity contribution < 1.29 is 19.0 Å². The van der Waals surface area contributed by atoms with Crippen LogP contribution >= 0.6 is 0 Å². The first-order chi connectivity index (χ1) is 10.6. The van der Waals surface area contributed by atoms with Gasteiger partial charge in [0.15, 0.2) is 17.3 Å². The lowest BCUT2D eigenvalue weighted by Gasteiger charge is -2.12. The van der Waals surface area contributed by atoms with Crippen LogP contribution in [0.3, 0.4) is 0 Å². The number of hydrogen-bond donors (Lipinski definition) is 0. The molecule has 22 heavy (non-hydrogen) atoms. The Hall–Kier alpha value is -2.49. The summed E-state index contributed by atoms with van der Waals surface area (Å²) >= 11 is 0. The second-order valence-corrected chi connectivity index (χ2v) is 4.94. The van der Waals surface area contributed by atoms with Gasteiger partial charge >= 0.3 is 0 Å². The van der Waals surface area contributed by atoms with Crippen LogP contribution in [0.1, 0.15) is 22.8 Å². The van der Waals surface area contributed by atoms with Gasteiger partial charge in [-0.05, 0) is 49.7 Å². The van der Waals surface area contributed by atoms with Crippen molar-refractivity contribution in [2.75, 3.05) is 20.3 Å². The first-order valence-corrected chi connectivity index (χ1v) is 7.11. The van der Waals surface area contributed by atoms with Gasteiger partial charge in [0.05, 0.1) is 7.11 Å². The Labute approximate surface area is 130 Å². The van der Waals surface area contributed by atoms with Crippen LogP contribution in [0.5, 0.6) is 17.2 Å². The molecule has 0 unspecified atom stereocenters. The van der Waals surface area contributed by atoms with Crippen molar-refractivity contribution in [1.29, 1.82) is 0 Å². The minimum absolute atomic E-state index is 0.00682. The Bertz CT molecular complexity index is 649. The number of Topliss-reactive ketones (excluding diaryl/α,β-unsaturated/α-hetero) is 1. The topological polar surface area (TPSA) is 44.8 Å². The van der Waals surface area contributed by atoms with E-state index in [-0.39, 0.29) is 5.78 Å². The van der Waals surface area contributed by atoms with Crippen molar-refractivity contribution in [3.05, 3.63) is 53.6 Å². The molecule has 0 heterocycles. The summed E-state index contributed by atoms with van der Waals surface area (Å²) in [7, 11) is 1.55. The van der Waals surface area contributed by atoms with Gasteiger partial charge in [0.25, 0.3) is 0 Å². The largest absolute Gasteiger partial charge is 0.493 e. The van der Waals surface area contributed by atoms with Gasteiger partial charge in [-0.2, -0.15) is 0 Å². The summed E-state index contributed by atoms with van der Waals surface area (Å²) in [5, 5.41) is 0. The van der Waals surface area contributed by atoms with E-state index in [9.17, 15) is 4.79 Å². The monoisotopic (exact) mass is 300 g/mol. The summed E-state index contributed by atoms with van der Waals surface area (Å²) in [5.41, 5.74) is 1.75. The zero-order valence-corrected chi connectivity index (χ0v) is 13.1. The van der Waals surface area contributed by atoms with Crippen LogP contribution < -0.4 is 14.2 Å². The molecule has 0 bridgehead atoms. The van der Waals surface area contributed by atoms with E-state index in [1.165, 1.54) is 6.92 Å². The van der Waals surface area contributed by atoms with Gasteiger partial charge < -0.3 is 14.2 Å². The summed E-state index contributed by atoms with van der Waals surface area (Å²) in [5.74, 6) is 1.96. The van der Waals surface area contributed by atoms with E-state index >= 15 is 0 Å². The molecule has 2 aromatic carbocycles. The van der Waals surface area contributed by atoms with Crippen LogP contribution in [0.15, 0.2) is 42.5 Å². The molecule has 0 aliphatic heterocycles. The first kappa shape index (κ1) is 15.9. The molecule has 0 aliphatic rings. The number of hydrogen-bond acceptors (Lipinski definition) is 4. The number of benzene rings is 2. The molecule has 0 N–H and O–H groups in total. The lowest BCUT2D eigenvalue weighted by molar-refractivity contribution is 0.101. The number of methoxy groups -OCH3 is 1.